The summed E-state index contributed by atoms with van der Waals surface area (Å²) in [7, 11) is 0. The zero-order valence-electron chi connectivity index (χ0n) is 9.70. The summed E-state index contributed by atoms with van der Waals surface area (Å²) in [5, 5.41) is 0. The molecule has 2 aliphatic heterocycles. The molecule has 0 aromatic rings. The second kappa shape index (κ2) is 4.19. The van der Waals surface area contributed by atoms with E-state index in [-0.39, 0.29) is 0 Å². The van der Waals surface area contributed by atoms with E-state index in [1.54, 1.807) is 0 Å². The molecule has 2 nitrogen and oxygen atoms in total. The maximum Gasteiger partial charge on any atom is 0.0622 e. The number of hydrogen-bond donors (Lipinski definition) is 0. The SMILES string of the molecule is CCC1CC2COCC(C1)N2C(C)C. The zero-order valence-corrected chi connectivity index (χ0v) is 9.70. The lowest BCUT2D eigenvalue weighted by molar-refractivity contribution is -0.101. The van der Waals surface area contributed by atoms with Gasteiger partial charge in [-0.05, 0) is 32.6 Å². The van der Waals surface area contributed by atoms with E-state index in [1.807, 2.05) is 0 Å². The molecular weight excluding hydrogens is 174 g/mol. The highest BCUT2D eigenvalue weighted by atomic mass is 16.5. The Morgan fingerprint density at radius 2 is 1.79 bits per heavy atom. The van der Waals surface area contributed by atoms with E-state index in [4.69, 9.17) is 4.74 Å². The van der Waals surface area contributed by atoms with Crippen LogP contribution in [0.3, 0.4) is 0 Å². The first-order valence-corrected chi connectivity index (χ1v) is 6.07. The Kier molecular flexibility index (Phi) is 3.13. The minimum Gasteiger partial charge on any atom is -0.378 e. The first-order chi connectivity index (χ1) is 6.72. The predicted octanol–water partition coefficient (Wildman–Crippen LogP) is 2.28. The minimum atomic E-state index is 0.687. The molecule has 14 heavy (non-hydrogen) atoms. The van der Waals surface area contributed by atoms with Gasteiger partial charge in [0.2, 0.25) is 0 Å². The van der Waals surface area contributed by atoms with Crippen molar-refractivity contribution in [3.05, 3.63) is 0 Å². The van der Waals surface area contributed by atoms with Crippen molar-refractivity contribution in [2.24, 2.45) is 5.92 Å². The van der Waals surface area contributed by atoms with Gasteiger partial charge in [-0.1, -0.05) is 13.3 Å². The Hall–Kier alpha value is -0.0800. The van der Waals surface area contributed by atoms with Crippen LogP contribution in [0.2, 0.25) is 0 Å². The number of rotatable bonds is 2. The average Bonchev–Trinajstić information content (AvgIpc) is 2.15. The molecule has 2 fully saturated rings. The monoisotopic (exact) mass is 197 g/mol. The summed E-state index contributed by atoms with van der Waals surface area (Å²) in [4.78, 5) is 2.69. The summed E-state index contributed by atoms with van der Waals surface area (Å²) in [5.74, 6) is 0.948. The normalized spacial score (nSPS) is 39.0. The highest BCUT2D eigenvalue weighted by molar-refractivity contribution is 4.92. The quantitative estimate of drug-likeness (QED) is 0.673. The molecule has 82 valence electrons. The fourth-order valence-electron chi connectivity index (χ4n) is 3.23. The molecular formula is C12H23NO. The highest BCUT2D eigenvalue weighted by Gasteiger charge is 2.39. The van der Waals surface area contributed by atoms with Crippen molar-refractivity contribution in [3.8, 4) is 0 Å². The maximum atomic E-state index is 5.67. The van der Waals surface area contributed by atoms with Crippen LogP contribution in [0.25, 0.3) is 0 Å². The van der Waals surface area contributed by atoms with Gasteiger partial charge in [0.05, 0.1) is 13.2 Å². The summed E-state index contributed by atoms with van der Waals surface area (Å²) < 4.78 is 5.67. The standard InChI is InChI=1S/C12H23NO/c1-4-10-5-11-7-14-8-12(6-10)13(11)9(2)3/h9-12H,4-8H2,1-3H3. The lowest BCUT2D eigenvalue weighted by Crippen LogP contribution is -2.59. The van der Waals surface area contributed by atoms with Crippen molar-refractivity contribution in [2.45, 2.75) is 58.2 Å². The average molecular weight is 197 g/mol. The molecule has 2 aliphatic rings. The van der Waals surface area contributed by atoms with Crippen LogP contribution < -0.4 is 0 Å². The van der Waals surface area contributed by atoms with Crippen molar-refractivity contribution in [1.29, 1.82) is 0 Å². The van der Waals surface area contributed by atoms with Gasteiger partial charge in [0.25, 0.3) is 0 Å². The Bertz CT molecular complexity index is 179. The Morgan fingerprint density at radius 1 is 1.21 bits per heavy atom. The van der Waals surface area contributed by atoms with Crippen LogP contribution in [-0.4, -0.2) is 36.2 Å². The number of morpholine rings is 1. The molecule has 0 spiro atoms. The van der Waals surface area contributed by atoms with Crippen LogP contribution in [0.4, 0.5) is 0 Å². The molecule has 2 bridgehead atoms. The van der Waals surface area contributed by atoms with E-state index < -0.39 is 0 Å². The third kappa shape index (κ3) is 1.82. The smallest absolute Gasteiger partial charge is 0.0622 e. The minimum absolute atomic E-state index is 0.687. The largest absolute Gasteiger partial charge is 0.378 e. The predicted molar refractivity (Wildman–Crippen MR) is 58.4 cm³/mol. The Morgan fingerprint density at radius 3 is 2.21 bits per heavy atom. The first-order valence-electron chi connectivity index (χ1n) is 6.07. The highest BCUT2D eigenvalue weighted by Crippen LogP contribution is 2.34. The molecule has 0 saturated carbocycles. The van der Waals surface area contributed by atoms with E-state index >= 15 is 0 Å². The van der Waals surface area contributed by atoms with Crippen molar-refractivity contribution in [1.82, 2.24) is 4.90 Å². The molecule has 0 aromatic heterocycles. The molecule has 0 N–H and O–H groups in total. The third-order valence-electron chi connectivity index (χ3n) is 3.85. The molecule has 0 radical (unpaired) electrons. The Balaban J connectivity index is 2.07. The number of ether oxygens (including phenoxy) is 1. The van der Waals surface area contributed by atoms with Gasteiger partial charge in [-0.2, -0.15) is 0 Å². The molecule has 0 aliphatic carbocycles. The molecule has 2 atom stereocenters. The van der Waals surface area contributed by atoms with Gasteiger partial charge < -0.3 is 4.74 Å². The first kappa shape index (κ1) is 10.4. The van der Waals surface area contributed by atoms with Crippen LogP contribution in [0.15, 0.2) is 0 Å². The summed E-state index contributed by atoms with van der Waals surface area (Å²) in [6, 6.07) is 2.09. The van der Waals surface area contributed by atoms with E-state index in [1.165, 1.54) is 19.3 Å². The third-order valence-corrected chi connectivity index (χ3v) is 3.85. The van der Waals surface area contributed by atoms with E-state index in [0.717, 1.165) is 19.1 Å². The van der Waals surface area contributed by atoms with Gasteiger partial charge in [-0.15, -0.1) is 0 Å². The van der Waals surface area contributed by atoms with Crippen molar-refractivity contribution < 1.29 is 4.74 Å². The van der Waals surface area contributed by atoms with Crippen molar-refractivity contribution >= 4 is 0 Å². The van der Waals surface area contributed by atoms with Gasteiger partial charge in [-0.25, -0.2) is 0 Å². The maximum absolute atomic E-state index is 5.67. The van der Waals surface area contributed by atoms with Gasteiger partial charge in [-0.3, -0.25) is 4.90 Å². The van der Waals surface area contributed by atoms with Gasteiger partial charge in [0, 0.05) is 18.1 Å². The van der Waals surface area contributed by atoms with Crippen LogP contribution >= 0.6 is 0 Å². The van der Waals surface area contributed by atoms with Crippen LogP contribution in [0.5, 0.6) is 0 Å². The molecule has 2 heteroatoms. The van der Waals surface area contributed by atoms with E-state index in [9.17, 15) is 0 Å². The fraction of sp³-hybridized carbons (Fsp3) is 1.00. The lowest BCUT2D eigenvalue weighted by atomic mass is 9.83. The van der Waals surface area contributed by atoms with E-state index in [2.05, 4.69) is 25.7 Å². The molecule has 2 heterocycles. The zero-order chi connectivity index (χ0) is 10.1. The van der Waals surface area contributed by atoms with Crippen LogP contribution in [0, 0.1) is 5.92 Å². The molecule has 0 aromatic carbocycles. The molecule has 2 rings (SSSR count). The number of hydrogen-bond acceptors (Lipinski definition) is 2. The lowest BCUT2D eigenvalue weighted by Gasteiger charge is -2.50. The van der Waals surface area contributed by atoms with Crippen molar-refractivity contribution in [2.75, 3.05) is 13.2 Å². The van der Waals surface area contributed by atoms with Crippen LogP contribution in [0.1, 0.15) is 40.0 Å². The fourth-order valence-corrected chi connectivity index (χ4v) is 3.23. The summed E-state index contributed by atoms with van der Waals surface area (Å²) in [5.41, 5.74) is 0. The number of nitrogens with zero attached hydrogens (tertiary/aromatic N) is 1. The number of fused-ring (bicyclic) bond motifs is 2. The van der Waals surface area contributed by atoms with Crippen LogP contribution in [-0.2, 0) is 4.74 Å². The van der Waals surface area contributed by atoms with Gasteiger partial charge >= 0.3 is 0 Å². The van der Waals surface area contributed by atoms with Gasteiger partial charge in [0.1, 0.15) is 0 Å². The summed E-state index contributed by atoms with van der Waals surface area (Å²) >= 11 is 0. The second-order valence-corrected chi connectivity index (χ2v) is 5.13. The van der Waals surface area contributed by atoms with E-state index in [0.29, 0.717) is 18.1 Å². The summed E-state index contributed by atoms with van der Waals surface area (Å²) in [6.45, 7) is 8.89. The topological polar surface area (TPSA) is 12.5 Å². The summed E-state index contributed by atoms with van der Waals surface area (Å²) in [6.07, 6.45) is 4.05. The van der Waals surface area contributed by atoms with Crippen molar-refractivity contribution in [3.63, 3.8) is 0 Å². The second-order valence-electron chi connectivity index (χ2n) is 5.13. The van der Waals surface area contributed by atoms with Gasteiger partial charge in [0.15, 0.2) is 0 Å². The molecule has 0 amide bonds. The number of piperidine rings is 1. The molecule has 2 saturated heterocycles. The molecule has 2 unspecified atom stereocenters. The Labute approximate surface area is 87.6 Å².